The van der Waals surface area contributed by atoms with E-state index in [9.17, 15) is 4.79 Å². The molecule has 0 N–H and O–H groups in total. The number of anilines is 1. The maximum absolute atomic E-state index is 12.1. The van der Waals surface area contributed by atoms with E-state index in [0.29, 0.717) is 6.54 Å². The first-order valence-electron chi connectivity index (χ1n) is 7.59. The van der Waals surface area contributed by atoms with Gasteiger partial charge in [0.15, 0.2) is 0 Å². The molecule has 0 saturated carbocycles. The summed E-state index contributed by atoms with van der Waals surface area (Å²) >= 11 is 0. The number of fused-ring (bicyclic) bond motifs is 1. The summed E-state index contributed by atoms with van der Waals surface area (Å²) in [5, 5.41) is 0. The Labute approximate surface area is 125 Å². The van der Waals surface area contributed by atoms with Gasteiger partial charge in [-0.1, -0.05) is 24.3 Å². The molecule has 4 heteroatoms. The van der Waals surface area contributed by atoms with Crippen molar-refractivity contribution in [1.82, 2.24) is 9.55 Å². The first kappa shape index (κ1) is 13.9. The van der Waals surface area contributed by atoms with Crippen molar-refractivity contribution in [2.45, 2.75) is 33.2 Å². The van der Waals surface area contributed by atoms with Crippen LogP contribution in [0.25, 0.3) is 0 Å². The molecule has 1 aliphatic rings. The quantitative estimate of drug-likeness (QED) is 0.848. The molecule has 0 atom stereocenters. The van der Waals surface area contributed by atoms with Crippen LogP contribution in [0, 0.1) is 6.92 Å². The Hall–Kier alpha value is -2.10. The van der Waals surface area contributed by atoms with E-state index in [1.165, 1.54) is 11.1 Å². The molecule has 3 rings (SSSR count). The zero-order chi connectivity index (χ0) is 14.8. The molecule has 1 aromatic carbocycles. The van der Waals surface area contributed by atoms with Crippen LogP contribution in [0.4, 0.5) is 5.82 Å². The predicted octanol–water partition coefficient (Wildman–Crippen LogP) is 2.18. The number of rotatable bonds is 2. The van der Waals surface area contributed by atoms with Crippen LogP contribution in [0.3, 0.4) is 0 Å². The minimum absolute atomic E-state index is 0.0433. The number of aromatic nitrogens is 2. The van der Waals surface area contributed by atoms with Gasteiger partial charge in [-0.15, -0.1) is 0 Å². The van der Waals surface area contributed by atoms with Crippen molar-refractivity contribution in [2.24, 2.45) is 0 Å². The maximum atomic E-state index is 12.1. The van der Waals surface area contributed by atoms with Crippen molar-refractivity contribution in [1.29, 1.82) is 0 Å². The van der Waals surface area contributed by atoms with Gasteiger partial charge in [0, 0.05) is 25.7 Å². The van der Waals surface area contributed by atoms with E-state index < -0.39 is 0 Å². The molecule has 21 heavy (non-hydrogen) atoms. The molecule has 1 aliphatic heterocycles. The van der Waals surface area contributed by atoms with Crippen molar-refractivity contribution in [3.8, 4) is 0 Å². The molecule has 0 aliphatic carbocycles. The Morgan fingerprint density at radius 2 is 1.76 bits per heavy atom. The Kier molecular flexibility index (Phi) is 3.78. The number of benzene rings is 1. The highest BCUT2D eigenvalue weighted by Gasteiger charge is 2.16. The first-order chi connectivity index (χ1) is 10.2. The Morgan fingerprint density at radius 3 is 2.29 bits per heavy atom. The fourth-order valence-electron chi connectivity index (χ4n) is 3.05. The lowest BCUT2D eigenvalue weighted by Gasteiger charge is -2.22. The summed E-state index contributed by atoms with van der Waals surface area (Å²) in [6.45, 7) is 6.38. The number of aryl methyl sites for hydroxylation is 1. The molecule has 4 nitrogen and oxygen atoms in total. The number of nitrogens with zero attached hydrogens (tertiary/aromatic N) is 3. The molecule has 0 radical (unpaired) electrons. The Balaban J connectivity index is 1.88. The molecule has 110 valence electrons. The van der Waals surface area contributed by atoms with Crippen molar-refractivity contribution in [2.75, 3.05) is 18.0 Å². The summed E-state index contributed by atoms with van der Waals surface area (Å²) in [6, 6.07) is 10.3. The summed E-state index contributed by atoms with van der Waals surface area (Å²) in [4.78, 5) is 19.0. The monoisotopic (exact) mass is 283 g/mol. The number of hydrogen-bond acceptors (Lipinski definition) is 3. The largest absolute Gasteiger partial charge is 0.356 e. The summed E-state index contributed by atoms with van der Waals surface area (Å²) in [5.41, 5.74) is 2.87. The van der Waals surface area contributed by atoms with Crippen LogP contribution < -0.4 is 10.5 Å². The van der Waals surface area contributed by atoms with Gasteiger partial charge in [-0.3, -0.25) is 9.36 Å². The standard InChI is InChI=1S/C17H21N3O/c1-3-20-13(2)18-16(12-17(20)21)19-10-8-14-6-4-5-7-15(14)9-11-19/h4-7,12H,3,8-11H2,1-2H3. The van der Waals surface area contributed by atoms with E-state index in [1.807, 2.05) is 13.8 Å². The molecule has 2 aromatic rings. The van der Waals surface area contributed by atoms with E-state index in [-0.39, 0.29) is 5.56 Å². The molecular weight excluding hydrogens is 262 g/mol. The maximum Gasteiger partial charge on any atom is 0.255 e. The third-order valence-corrected chi connectivity index (χ3v) is 4.25. The van der Waals surface area contributed by atoms with Gasteiger partial charge in [0.1, 0.15) is 11.6 Å². The predicted molar refractivity (Wildman–Crippen MR) is 85.0 cm³/mol. The summed E-state index contributed by atoms with van der Waals surface area (Å²) < 4.78 is 1.70. The highest BCUT2D eigenvalue weighted by molar-refractivity contribution is 5.41. The van der Waals surface area contributed by atoms with Crippen molar-refractivity contribution >= 4 is 5.82 Å². The normalized spacial score (nSPS) is 14.7. The van der Waals surface area contributed by atoms with Crippen molar-refractivity contribution < 1.29 is 0 Å². The van der Waals surface area contributed by atoms with Gasteiger partial charge in [0.2, 0.25) is 0 Å². The van der Waals surface area contributed by atoms with Gasteiger partial charge in [0.05, 0.1) is 0 Å². The lowest BCUT2D eigenvalue weighted by atomic mass is 10.0. The van der Waals surface area contributed by atoms with E-state index in [2.05, 4.69) is 34.1 Å². The fraction of sp³-hybridized carbons (Fsp3) is 0.412. The lowest BCUT2D eigenvalue weighted by molar-refractivity contribution is 0.666. The van der Waals surface area contributed by atoms with E-state index in [0.717, 1.165) is 37.6 Å². The molecule has 0 spiro atoms. The third kappa shape index (κ3) is 2.71. The first-order valence-corrected chi connectivity index (χ1v) is 7.59. The molecular formula is C17H21N3O. The fourth-order valence-corrected chi connectivity index (χ4v) is 3.05. The lowest BCUT2D eigenvalue weighted by Crippen LogP contribution is -2.31. The second-order valence-electron chi connectivity index (χ2n) is 5.50. The average molecular weight is 283 g/mol. The van der Waals surface area contributed by atoms with Gasteiger partial charge in [-0.25, -0.2) is 4.98 Å². The van der Waals surface area contributed by atoms with Crippen molar-refractivity contribution in [3.05, 3.63) is 57.6 Å². The average Bonchev–Trinajstić information content (AvgIpc) is 2.69. The zero-order valence-electron chi connectivity index (χ0n) is 12.7. The number of hydrogen-bond donors (Lipinski definition) is 0. The zero-order valence-corrected chi connectivity index (χ0v) is 12.7. The van der Waals surface area contributed by atoms with Crippen LogP contribution in [-0.4, -0.2) is 22.6 Å². The molecule has 0 bridgehead atoms. The van der Waals surface area contributed by atoms with Gasteiger partial charge in [-0.05, 0) is 37.8 Å². The van der Waals surface area contributed by atoms with Crippen LogP contribution in [0.1, 0.15) is 23.9 Å². The van der Waals surface area contributed by atoms with Crippen LogP contribution in [0.5, 0.6) is 0 Å². The molecule has 0 amide bonds. The summed E-state index contributed by atoms with van der Waals surface area (Å²) in [6.07, 6.45) is 2.02. The SMILES string of the molecule is CCn1c(C)nc(N2CCc3ccccc3CC2)cc1=O. The second-order valence-corrected chi connectivity index (χ2v) is 5.50. The molecule has 0 fully saturated rings. The van der Waals surface area contributed by atoms with Crippen molar-refractivity contribution in [3.63, 3.8) is 0 Å². The van der Waals surface area contributed by atoms with E-state index in [4.69, 9.17) is 0 Å². The highest BCUT2D eigenvalue weighted by atomic mass is 16.1. The Morgan fingerprint density at radius 1 is 1.14 bits per heavy atom. The second kappa shape index (κ2) is 5.72. The topological polar surface area (TPSA) is 38.1 Å². The van der Waals surface area contributed by atoms with Gasteiger partial charge in [0.25, 0.3) is 5.56 Å². The Bertz CT molecular complexity index is 678. The molecule has 0 saturated heterocycles. The molecule has 2 heterocycles. The van der Waals surface area contributed by atoms with Gasteiger partial charge >= 0.3 is 0 Å². The smallest absolute Gasteiger partial charge is 0.255 e. The summed E-state index contributed by atoms with van der Waals surface area (Å²) in [7, 11) is 0. The van der Waals surface area contributed by atoms with Crippen LogP contribution in [-0.2, 0) is 19.4 Å². The van der Waals surface area contributed by atoms with Gasteiger partial charge in [-0.2, -0.15) is 0 Å². The van der Waals surface area contributed by atoms with Crippen LogP contribution in [0.2, 0.25) is 0 Å². The third-order valence-electron chi connectivity index (χ3n) is 4.25. The molecule has 0 unspecified atom stereocenters. The highest BCUT2D eigenvalue weighted by Crippen LogP contribution is 2.19. The molecule has 1 aromatic heterocycles. The minimum Gasteiger partial charge on any atom is -0.356 e. The van der Waals surface area contributed by atoms with E-state index >= 15 is 0 Å². The van der Waals surface area contributed by atoms with Crippen LogP contribution >= 0.6 is 0 Å². The summed E-state index contributed by atoms with van der Waals surface area (Å²) in [5.74, 6) is 1.61. The van der Waals surface area contributed by atoms with Gasteiger partial charge < -0.3 is 4.90 Å². The van der Waals surface area contributed by atoms with E-state index in [1.54, 1.807) is 10.6 Å². The van der Waals surface area contributed by atoms with Crippen LogP contribution in [0.15, 0.2) is 35.1 Å². The minimum atomic E-state index is 0.0433.